The molecule has 0 atom stereocenters. The van der Waals surface area contributed by atoms with E-state index in [1.165, 1.54) is 11.1 Å². The van der Waals surface area contributed by atoms with Crippen LogP contribution in [0.1, 0.15) is 0 Å². The van der Waals surface area contributed by atoms with Crippen molar-refractivity contribution in [1.82, 2.24) is 15.0 Å². The molecule has 0 radical (unpaired) electrons. The van der Waals surface area contributed by atoms with E-state index in [9.17, 15) is 0 Å². The summed E-state index contributed by atoms with van der Waals surface area (Å²) in [5.41, 5.74) is 11.2. The Balaban J connectivity index is 1.19. The molecule has 7 aromatic carbocycles. The SMILES string of the molecule is c1ccc(-c2cccc(-c3ccc(-c4nc(-c5ccccc5)nc(-c5ccc(-c6ccccc6)c6oc7ccccc7c56)n4)cc3)c2)cc1. The topological polar surface area (TPSA) is 51.8 Å². The Bertz CT molecular complexity index is 2580. The molecule has 0 spiro atoms. The summed E-state index contributed by atoms with van der Waals surface area (Å²) < 4.78 is 6.55. The molecule has 2 heterocycles. The highest BCUT2D eigenvalue weighted by molar-refractivity contribution is 6.15. The quantitative estimate of drug-likeness (QED) is 0.184. The first-order chi connectivity index (χ1) is 24.3. The van der Waals surface area contributed by atoms with Gasteiger partial charge >= 0.3 is 0 Å². The van der Waals surface area contributed by atoms with E-state index < -0.39 is 0 Å². The number of hydrogen-bond acceptors (Lipinski definition) is 4. The monoisotopic (exact) mass is 627 g/mol. The number of aromatic nitrogens is 3. The van der Waals surface area contributed by atoms with Crippen molar-refractivity contribution in [2.45, 2.75) is 0 Å². The molecule has 9 rings (SSSR count). The summed E-state index contributed by atoms with van der Waals surface area (Å²) in [6, 6.07) is 60.4. The number of nitrogens with zero attached hydrogens (tertiary/aromatic N) is 3. The second-order valence-corrected chi connectivity index (χ2v) is 12.0. The number of furan rings is 1. The smallest absolute Gasteiger partial charge is 0.164 e. The molecule has 0 saturated carbocycles. The molecular weight excluding hydrogens is 599 g/mol. The Morgan fingerprint density at radius 1 is 0.327 bits per heavy atom. The van der Waals surface area contributed by atoms with Crippen molar-refractivity contribution in [3.05, 3.63) is 176 Å². The molecule has 0 aliphatic carbocycles. The van der Waals surface area contributed by atoms with Crippen molar-refractivity contribution in [3.8, 4) is 67.5 Å². The van der Waals surface area contributed by atoms with Crippen molar-refractivity contribution in [2.75, 3.05) is 0 Å². The first-order valence-corrected chi connectivity index (χ1v) is 16.4. The fourth-order valence-corrected chi connectivity index (χ4v) is 6.52. The predicted octanol–water partition coefficient (Wildman–Crippen LogP) is 11.8. The third kappa shape index (κ3) is 5.35. The first kappa shape index (κ1) is 28.6. The van der Waals surface area contributed by atoms with Crippen LogP contribution in [0.3, 0.4) is 0 Å². The van der Waals surface area contributed by atoms with Crippen LogP contribution in [-0.4, -0.2) is 15.0 Å². The van der Waals surface area contributed by atoms with Gasteiger partial charge in [-0.15, -0.1) is 0 Å². The number of rotatable bonds is 6. The van der Waals surface area contributed by atoms with Crippen molar-refractivity contribution < 1.29 is 4.42 Å². The van der Waals surface area contributed by atoms with Crippen LogP contribution in [0.25, 0.3) is 89.5 Å². The molecule has 230 valence electrons. The molecule has 0 saturated heterocycles. The molecule has 0 unspecified atom stereocenters. The van der Waals surface area contributed by atoms with Crippen LogP contribution in [0.5, 0.6) is 0 Å². The van der Waals surface area contributed by atoms with Gasteiger partial charge in [-0.25, -0.2) is 15.0 Å². The maximum Gasteiger partial charge on any atom is 0.164 e. The molecular formula is C45H29N3O. The van der Waals surface area contributed by atoms with Gasteiger partial charge < -0.3 is 4.42 Å². The third-order valence-electron chi connectivity index (χ3n) is 8.97. The minimum Gasteiger partial charge on any atom is -0.455 e. The third-order valence-corrected chi connectivity index (χ3v) is 8.97. The van der Waals surface area contributed by atoms with Gasteiger partial charge in [0, 0.05) is 33.0 Å². The number of fused-ring (bicyclic) bond motifs is 3. The van der Waals surface area contributed by atoms with E-state index in [0.29, 0.717) is 17.5 Å². The second kappa shape index (κ2) is 12.2. The largest absolute Gasteiger partial charge is 0.455 e. The highest BCUT2D eigenvalue weighted by Crippen LogP contribution is 2.41. The lowest BCUT2D eigenvalue weighted by molar-refractivity contribution is 0.670. The molecule has 4 heteroatoms. The van der Waals surface area contributed by atoms with Crippen LogP contribution in [0.2, 0.25) is 0 Å². The Hall–Kier alpha value is -6.65. The van der Waals surface area contributed by atoms with E-state index in [4.69, 9.17) is 19.4 Å². The van der Waals surface area contributed by atoms with Gasteiger partial charge in [-0.05, 0) is 52.1 Å². The van der Waals surface area contributed by atoms with Crippen LogP contribution >= 0.6 is 0 Å². The van der Waals surface area contributed by atoms with Crippen LogP contribution in [-0.2, 0) is 0 Å². The fraction of sp³-hybridized carbons (Fsp3) is 0. The number of hydrogen-bond donors (Lipinski definition) is 0. The molecule has 0 amide bonds. The average molecular weight is 628 g/mol. The van der Waals surface area contributed by atoms with E-state index >= 15 is 0 Å². The van der Waals surface area contributed by atoms with Gasteiger partial charge in [0.25, 0.3) is 0 Å². The molecule has 0 N–H and O–H groups in total. The van der Waals surface area contributed by atoms with Gasteiger partial charge in [0.05, 0.1) is 0 Å². The van der Waals surface area contributed by atoms with Gasteiger partial charge in [-0.3, -0.25) is 0 Å². The molecule has 9 aromatic rings. The standard InChI is InChI=1S/C45H29N3O/c1-4-13-30(14-5-1)35-19-12-20-36(29-35)31-23-25-34(26-24-31)44-46-43(33-17-8-3-9-18-33)47-45(48-44)39-28-27-37(32-15-6-2-7-16-32)42-41(39)38-21-10-11-22-40(38)49-42/h1-29H. The molecule has 0 aliphatic heterocycles. The fourth-order valence-electron chi connectivity index (χ4n) is 6.52. The summed E-state index contributed by atoms with van der Waals surface area (Å²) in [7, 11) is 0. The summed E-state index contributed by atoms with van der Waals surface area (Å²) in [5, 5.41) is 2.01. The first-order valence-electron chi connectivity index (χ1n) is 16.4. The number of para-hydroxylation sites is 1. The Morgan fingerprint density at radius 3 is 1.47 bits per heavy atom. The summed E-state index contributed by atoms with van der Waals surface area (Å²) in [6.45, 7) is 0. The zero-order valence-corrected chi connectivity index (χ0v) is 26.5. The molecule has 4 nitrogen and oxygen atoms in total. The van der Waals surface area contributed by atoms with E-state index in [-0.39, 0.29) is 0 Å². The van der Waals surface area contributed by atoms with Crippen LogP contribution in [0.4, 0.5) is 0 Å². The molecule has 0 aliphatic rings. The zero-order valence-electron chi connectivity index (χ0n) is 26.5. The zero-order chi connectivity index (χ0) is 32.6. The molecule has 0 bridgehead atoms. The van der Waals surface area contributed by atoms with Crippen LogP contribution < -0.4 is 0 Å². The lowest BCUT2D eigenvalue weighted by atomic mass is 9.98. The van der Waals surface area contributed by atoms with Crippen molar-refractivity contribution in [1.29, 1.82) is 0 Å². The van der Waals surface area contributed by atoms with Crippen LogP contribution in [0, 0.1) is 0 Å². The molecule has 0 fully saturated rings. The Morgan fingerprint density at radius 2 is 0.796 bits per heavy atom. The summed E-state index contributed by atoms with van der Waals surface area (Å²) >= 11 is 0. The summed E-state index contributed by atoms with van der Waals surface area (Å²) in [6.07, 6.45) is 0. The van der Waals surface area contributed by atoms with Gasteiger partial charge in [-0.1, -0.05) is 152 Å². The van der Waals surface area contributed by atoms with E-state index in [0.717, 1.165) is 60.9 Å². The Labute approximate surface area is 284 Å². The van der Waals surface area contributed by atoms with Crippen molar-refractivity contribution >= 4 is 21.9 Å². The summed E-state index contributed by atoms with van der Waals surface area (Å²) in [5.74, 6) is 1.83. The van der Waals surface area contributed by atoms with Gasteiger partial charge in [0.1, 0.15) is 11.2 Å². The lowest BCUT2D eigenvalue weighted by Crippen LogP contribution is -2.00. The maximum absolute atomic E-state index is 6.55. The average Bonchev–Trinajstić information content (AvgIpc) is 3.58. The van der Waals surface area contributed by atoms with Gasteiger partial charge in [0.2, 0.25) is 0 Å². The summed E-state index contributed by atoms with van der Waals surface area (Å²) in [4.78, 5) is 15.2. The highest BCUT2D eigenvalue weighted by Gasteiger charge is 2.20. The minimum atomic E-state index is 0.597. The molecule has 49 heavy (non-hydrogen) atoms. The lowest BCUT2D eigenvalue weighted by Gasteiger charge is -2.11. The number of benzene rings is 7. The van der Waals surface area contributed by atoms with Crippen molar-refractivity contribution in [2.24, 2.45) is 0 Å². The van der Waals surface area contributed by atoms with E-state index in [2.05, 4.69) is 103 Å². The highest BCUT2D eigenvalue weighted by atomic mass is 16.3. The van der Waals surface area contributed by atoms with Gasteiger partial charge in [0.15, 0.2) is 17.5 Å². The second-order valence-electron chi connectivity index (χ2n) is 12.0. The maximum atomic E-state index is 6.55. The van der Waals surface area contributed by atoms with Gasteiger partial charge in [-0.2, -0.15) is 0 Å². The van der Waals surface area contributed by atoms with Crippen LogP contribution in [0.15, 0.2) is 180 Å². The van der Waals surface area contributed by atoms with E-state index in [1.807, 2.05) is 72.8 Å². The van der Waals surface area contributed by atoms with Crippen molar-refractivity contribution in [3.63, 3.8) is 0 Å². The minimum absolute atomic E-state index is 0.597. The normalized spacial score (nSPS) is 11.3. The Kier molecular flexibility index (Phi) is 7.10. The van der Waals surface area contributed by atoms with E-state index in [1.54, 1.807) is 0 Å². The predicted molar refractivity (Wildman–Crippen MR) is 200 cm³/mol. The molecule has 2 aromatic heterocycles.